The Bertz CT molecular complexity index is 630. The number of hydrogen-bond acceptors (Lipinski definition) is 3. The fourth-order valence-electron chi connectivity index (χ4n) is 11.9. The Kier molecular flexibility index (Phi) is 5.68. The summed E-state index contributed by atoms with van der Waals surface area (Å²) in [6.07, 6.45) is 21.2. The molecule has 178 valence electrons. The van der Waals surface area contributed by atoms with Crippen molar-refractivity contribution in [1.82, 2.24) is 16.0 Å². The summed E-state index contributed by atoms with van der Waals surface area (Å²) >= 11 is 0. The predicted molar refractivity (Wildman–Crippen MR) is 134 cm³/mol. The van der Waals surface area contributed by atoms with Gasteiger partial charge in [0.2, 0.25) is 0 Å². The highest BCUT2D eigenvalue weighted by molar-refractivity contribution is 6.64. The van der Waals surface area contributed by atoms with Gasteiger partial charge in [-0.25, -0.2) is 0 Å². The van der Waals surface area contributed by atoms with Crippen molar-refractivity contribution in [2.75, 3.05) is 26.2 Å². The Balaban J connectivity index is 1.36. The Hall–Kier alpha value is -0.0551. The summed E-state index contributed by atoms with van der Waals surface area (Å²) in [6.45, 7) is 6.25. The van der Waals surface area contributed by atoms with Gasteiger partial charge >= 0.3 is 0 Å². The van der Waals surface area contributed by atoms with Gasteiger partial charge in [0, 0.05) is 17.5 Å². The van der Waals surface area contributed by atoms with Crippen LogP contribution >= 0.6 is 0 Å². The van der Waals surface area contributed by atoms with Crippen molar-refractivity contribution in [2.45, 2.75) is 119 Å². The summed E-state index contributed by atoms with van der Waals surface area (Å²) in [5.41, 5.74) is 0.555. The zero-order valence-electron chi connectivity index (χ0n) is 20.5. The van der Waals surface area contributed by atoms with Gasteiger partial charge in [0.25, 0.3) is 0 Å². The topological polar surface area (TPSA) is 36.1 Å². The van der Waals surface area contributed by atoms with E-state index in [2.05, 4.69) is 16.0 Å². The largest absolute Gasteiger partial charge is 0.317 e. The molecule has 3 aliphatic carbocycles. The molecule has 3 N–H and O–H groups in total. The third-order valence-corrected chi connectivity index (χ3v) is 12.5. The zero-order chi connectivity index (χ0) is 21.1. The van der Waals surface area contributed by atoms with Gasteiger partial charge in [-0.15, -0.1) is 0 Å². The molecule has 7 rings (SSSR count). The molecule has 0 aromatic heterocycles. The molecule has 0 aromatic rings. The quantitative estimate of drug-likeness (QED) is 0.499. The summed E-state index contributed by atoms with van der Waals surface area (Å²) in [6, 6.07) is 1.64. The van der Waals surface area contributed by atoms with Crippen LogP contribution in [0.25, 0.3) is 0 Å². The van der Waals surface area contributed by atoms with E-state index in [1.54, 1.807) is 25.7 Å². The molecule has 4 heteroatoms. The molecule has 7 fully saturated rings. The Morgan fingerprint density at radius 1 is 0.562 bits per heavy atom. The minimum Gasteiger partial charge on any atom is -0.317 e. The van der Waals surface area contributed by atoms with Crippen molar-refractivity contribution in [2.24, 2.45) is 29.1 Å². The molecule has 4 heterocycles. The van der Waals surface area contributed by atoms with Crippen LogP contribution in [-0.4, -0.2) is 45.0 Å². The summed E-state index contributed by atoms with van der Waals surface area (Å²) in [5, 5.41) is 12.6. The molecule has 0 bridgehead atoms. The van der Waals surface area contributed by atoms with Crippen molar-refractivity contribution in [3.63, 3.8) is 0 Å². The monoisotopic (exact) mass is 437 g/mol. The number of fused-ring (bicyclic) bond motifs is 9. The molecule has 8 atom stereocenters. The third kappa shape index (κ3) is 2.97. The zero-order valence-corrected chi connectivity index (χ0v) is 20.5. The first-order valence-corrected chi connectivity index (χ1v) is 15.1. The number of nitrogens with one attached hydrogen (secondary N) is 3. The van der Waals surface area contributed by atoms with Crippen LogP contribution in [0.2, 0.25) is 17.5 Å². The lowest BCUT2D eigenvalue weighted by Gasteiger charge is -2.66. The van der Waals surface area contributed by atoms with E-state index in [0.717, 1.165) is 59.9 Å². The second-order valence-corrected chi connectivity index (χ2v) is 13.3. The molecule has 32 heavy (non-hydrogen) atoms. The second kappa shape index (κ2) is 8.56. The summed E-state index contributed by atoms with van der Waals surface area (Å²) in [7, 11) is 0. The fraction of sp³-hybridized carbons (Fsp3) is 1.00. The molecule has 3 nitrogen and oxygen atoms in total. The van der Waals surface area contributed by atoms with Crippen LogP contribution in [0.1, 0.15) is 89.9 Å². The highest BCUT2D eigenvalue weighted by Gasteiger charge is 2.71. The molecule has 3 saturated carbocycles. The van der Waals surface area contributed by atoms with E-state index in [1.165, 1.54) is 90.4 Å². The fourth-order valence-corrected chi connectivity index (χ4v) is 11.9. The molecule has 0 amide bonds. The second-order valence-electron chi connectivity index (χ2n) is 13.3. The normalized spacial score (nSPS) is 51.6. The first-order chi connectivity index (χ1) is 15.9. The summed E-state index contributed by atoms with van der Waals surface area (Å²) in [5.74, 6) is 6.93. The summed E-state index contributed by atoms with van der Waals surface area (Å²) in [4.78, 5) is 0. The number of piperidine rings is 3. The van der Waals surface area contributed by atoms with Gasteiger partial charge in [-0.3, -0.25) is 0 Å². The first kappa shape index (κ1) is 21.2. The lowest BCUT2D eigenvalue weighted by molar-refractivity contribution is -0.0446. The summed E-state index contributed by atoms with van der Waals surface area (Å²) < 4.78 is 0. The highest BCUT2D eigenvalue weighted by atomic mass is 15.1. The molecule has 4 aliphatic heterocycles. The van der Waals surface area contributed by atoms with Gasteiger partial charge in [0.05, 0.1) is 0 Å². The molecule has 8 unspecified atom stereocenters. The lowest BCUT2D eigenvalue weighted by Crippen LogP contribution is -2.70. The minimum absolute atomic E-state index is 0.555. The minimum atomic E-state index is 0.555. The van der Waals surface area contributed by atoms with Gasteiger partial charge in [0.15, 0.2) is 6.71 Å². The van der Waals surface area contributed by atoms with E-state index in [0.29, 0.717) is 5.41 Å². The van der Waals surface area contributed by atoms with Crippen LogP contribution in [0.4, 0.5) is 0 Å². The van der Waals surface area contributed by atoms with Gasteiger partial charge < -0.3 is 16.0 Å². The van der Waals surface area contributed by atoms with Crippen LogP contribution in [0.15, 0.2) is 0 Å². The molecule has 4 saturated heterocycles. The Morgan fingerprint density at radius 2 is 1.22 bits per heavy atom. The lowest BCUT2D eigenvalue weighted by atomic mass is 9.16. The predicted octanol–water partition coefficient (Wildman–Crippen LogP) is 5.11. The maximum atomic E-state index is 4.30. The SMILES string of the molecule is C1CCC(B2C3CCCCC3C3(C4CCNCC24)C2NCCCC2C2CCCNC23)CC1. The van der Waals surface area contributed by atoms with Gasteiger partial charge in [-0.1, -0.05) is 69.4 Å². The van der Waals surface area contributed by atoms with Crippen molar-refractivity contribution >= 4 is 6.71 Å². The van der Waals surface area contributed by atoms with Crippen LogP contribution < -0.4 is 16.0 Å². The van der Waals surface area contributed by atoms with Crippen molar-refractivity contribution in [1.29, 1.82) is 0 Å². The molecular weight excluding hydrogens is 389 g/mol. The van der Waals surface area contributed by atoms with E-state index < -0.39 is 0 Å². The standard InChI is InChI=1S/C28H48BN3/c1-2-8-19(9-3-1)29-24-13-5-4-12-22(24)28(23-14-17-30-18-25(23)29)26-20(10-6-15-31-26)21-11-7-16-32-27(21)28/h19-27,30-32H,1-18H2. The van der Waals surface area contributed by atoms with Crippen molar-refractivity contribution in [3.05, 3.63) is 0 Å². The van der Waals surface area contributed by atoms with Crippen LogP contribution in [0, 0.1) is 29.1 Å². The molecule has 0 radical (unpaired) electrons. The van der Waals surface area contributed by atoms with Gasteiger partial charge in [0.1, 0.15) is 0 Å². The smallest absolute Gasteiger partial charge is 0.151 e. The molecule has 7 aliphatic rings. The van der Waals surface area contributed by atoms with Crippen molar-refractivity contribution in [3.8, 4) is 0 Å². The molecular formula is C28H48BN3. The Labute approximate surface area is 197 Å². The third-order valence-electron chi connectivity index (χ3n) is 12.5. The van der Waals surface area contributed by atoms with E-state index in [4.69, 9.17) is 0 Å². The molecule has 0 aromatic carbocycles. The van der Waals surface area contributed by atoms with Crippen LogP contribution in [-0.2, 0) is 0 Å². The Morgan fingerprint density at radius 3 is 1.97 bits per heavy atom. The van der Waals surface area contributed by atoms with Crippen molar-refractivity contribution < 1.29 is 0 Å². The van der Waals surface area contributed by atoms with Gasteiger partial charge in [-0.2, -0.15) is 0 Å². The number of hydrogen-bond donors (Lipinski definition) is 3. The van der Waals surface area contributed by atoms with Gasteiger partial charge in [-0.05, 0) is 87.8 Å². The van der Waals surface area contributed by atoms with E-state index in [-0.39, 0.29) is 0 Å². The maximum absolute atomic E-state index is 4.30. The average molecular weight is 438 g/mol. The highest BCUT2D eigenvalue weighted by Crippen LogP contribution is 2.71. The van der Waals surface area contributed by atoms with E-state index in [1.807, 2.05) is 0 Å². The maximum Gasteiger partial charge on any atom is 0.151 e. The van der Waals surface area contributed by atoms with Crippen LogP contribution in [0.3, 0.4) is 0 Å². The number of rotatable bonds is 1. The molecule has 1 spiro atoms. The van der Waals surface area contributed by atoms with E-state index >= 15 is 0 Å². The van der Waals surface area contributed by atoms with Crippen LogP contribution in [0.5, 0.6) is 0 Å². The van der Waals surface area contributed by atoms with E-state index in [9.17, 15) is 0 Å². The first-order valence-electron chi connectivity index (χ1n) is 15.1. The average Bonchev–Trinajstić information content (AvgIpc) is 3.16.